The number of nitrogen functional groups attached to an aromatic ring is 3. The maximum Gasteiger partial charge on any atom is 1.00 e. The Hall–Kier alpha value is -2.32. The van der Waals surface area contributed by atoms with Crippen LogP contribution in [-0.2, 0) is 0 Å². The van der Waals surface area contributed by atoms with Gasteiger partial charge in [-0.2, -0.15) is 15.0 Å². The molecule has 0 atom stereocenters. The molecule has 0 aliphatic carbocycles. The molecule has 9 nitrogen and oxygen atoms in total. The molecule has 0 fully saturated rings. The van der Waals surface area contributed by atoms with Crippen molar-refractivity contribution in [3.63, 3.8) is 0 Å². The summed E-state index contributed by atoms with van der Waals surface area (Å²) in [7, 11) is 0. The third-order valence-corrected chi connectivity index (χ3v) is 0.687. The van der Waals surface area contributed by atoms with E-state index in [1.807, 2.05) is 0 Å². The molecule has 0 aliphatic heterocycles. The van der Waals surface area contributed by atoms with Gasteiger partial charge in [0, 0.05) is 0 Å². The number of urea groups is 1. The lowest BCUT2D eigenvalue weighted by Crippen LogP contribution is -2.18. The van der Waals surface area contributed by atoms with Crippen LogP contribution in [0.1, 0.15) is 1.43 Å². The fourth-order valence-corrected chi connectivity index (χ4v) is 0.427. The molecule has 0 saturated carbocycles. The minimum absolute atomic E-state index is 0. The average Bonchev–Trinajstić information content (AvgIpc) is 1.80. The molecule has 0 bridgehead atoms. The highest BCUT2D eigenvalue weighted by Crippen LogP contribution is 1.97. The molecule has 1 aromatic heterocycles. The van der Waals surface area contributed by atoms with Crippen molar-refractivity contribution in [2.45, 2.75) is 0 Å². The van der Waals surface area contributed by atoms with Crippen LogP contribution < -0.4 is 28.7 Å². The van der Waals surface area contributed by atoms with Crippen molar-refractivity contribution in [2.75, 3.05) is 17.2 Å². The number of hydrogen-bond acceptors (Lipinski definition) is 7. The molecular formula is C4H11N8O+. The van der Waals surface area contributed by atoms with E-state index >= 15 is 0 Å². The summed E-state index contributed by atoms with van der Waals surface area (Å²) in [5.74, 6) is 0.125. The topological polar surface area (TPSA) is 186 Å². The zero-order valence-electron chi connectivity index (χ0n) is 7.64. The lowest BCUT2D eigenvalue weighted by molar-refractivity contribution is 0.256. The van der Waals surface area contributed by atoms with Crippen LogP contribution in [0, 0.1) is 0 Å². The van der Waals surface area contributed by atoms with Crippen molar-refractivity contribution in [3.8, 4) is 0 Å². The van der Waals surface area contributed by atoms with Crippen LogP contribution in [0.15, 0.2) is 0 Å². The van der Waals surface area contributed by atoms with Gasteiger partial charge in [0.15, 0.2) is 0 Å². The van der Waals surface area contributed by atoms with Gasteiger partial charge in [0.05, 0.1) is 0 Å². The van der Waals surface area contributed by atoms with Crippen molar-refractivity contribution in [3.05, 3.63) is 0 Å². The van der Waals surface area contributed by atoms with Crippen molar-refractivity contribution >= 4 is 23.9 Å². The van der Waals surface area contributed by atoms with E-state index < -0.39 is 6.03 Å². The lowest BCUT2D eigenvalue weighted by Gasteiger charge is -1.93. The minimum Gasteiger partial charge on any atom is -0.368 e. The number of amides is 2. The number of hydrogen-bond donors (Lipinski definition) is 5. The van der Waals surface area contributed by atoms with Gasteiger partial charge in [-0.05, 0) is 0 Å². The van der Waals surface area contributed by atoms with Crippen molar-refractivity contribution in [1.82, 2.24) is 15.0 Å². The number of carbonyl (C=O) groups excluding carboxylic acids is 1. The molecule has 1 heterocycles. The molecule has 0 radical (unpaired) electrons. The van der Waals surface area contributed by atoms with Crippen LogP contribution in [0.25, 0.3) is 0 Å². The SMILES string of the molecule is NC(N)=O.Nc1nc(N)nc(N)n1.[H+]. The Balaban J connectivity index is 0. The Bertz CT molecular complexity index is 249. The first kappa shape index (κ1) is 10.7. The van der Waals surface area contributed by atoms with Gasteiger partial charge in [0.25, 0.3) is 0 Å². The normalized spacial score (nSPS) is 8.31. The highest BCUT2D eigenvalue weighted by molar-refractivity contribution is 5.69. The first-order chi connectivity index (χ1) is 5.91. The van der Waals surface area contributed by atoms with Crippen LogP contribution in [0.2, 0.25) is 0 Å². The fraction of sp³-hybridized carbons (Fsp3) is 0. The summed E-state index contributed by atoms with van der Waals surface area (Å²) >= 11 is 0. The summed E-state index contributed by atoms with van der Waals surface area (Å²) in [5, 5.41) is 0. The summed E-state index contributed by atoms with van der Waals surface area (Å²) in [6, 6.07) is -0.833. The summed E-state index contributed by atoms with van der Waals surface area (Å²) in [6.45, 7) is 0. The van der Waals surface area contributed by atoms with E-state index in [1.54, 1.807) is 0 Å². The van der Waals surface area contributed by atoms with E-state index in [0.717, 1.165) is 0 Å². The Labute approximate surface area is 74.8 Å². The molecule has 72 valence electrons. The molecule has 1 aromatic rings. The molecule has 0 aliphatic rings. The van der Waals surface area contributed by atoms with E-state index in [2.05, 4.69) is 26.4 Å². The monoisotopic (exact) mass is 187 g/mol. The molecule has 0 unspecified atom stereocenters. The molecule has 10 N–H and O–H groups in total. The molecule has 0 spiro atoms. The van der Waals surface area contributed by atoms with Crippen LogP contribution in [0.5, 0.6) is 0 Å². The van der Waals surface area contributed by atoms with Gasteiger partial charge in [-0.25, -0.2) is 4.79 Å². The second-order valence-electron chi connectivity index (χ2n) is 1.81. The maximum absolute atomic E-state index is 9.00. The predicted molar refractivity (Wildman–Crippen MR) is 47.9 cm³/mol. The zero-order chi connectivity index (χ0) is 10.4. The predicted octanol–water partition coefficient (Wildman–Crippen LogP) is -2.25. The van der Waals surface area contributed by atoms with E-state index in [9.17, 15) is 0 Å². The van der Waals surface area contributed by atoms with Crippen molar-refractivity contribution in [1.29, 1.82) is 0 Å². The van der Waals surface area contributed by atoms with Crippen LogP contribution in [0.3, 0.4) is 0 Å². The van der Waals surface area contributed by atoms with Gasteiger partial charge < -0.3 is 28.7 Å². The Morgan fingerprint density at radius 1 is 0.923 bits per heavy atom. The summed E-state index contributed by atoms with van der Waals surface area (Å²) in [6.07, 6.45) is 0. The molecule has 2 amide bonds. The highest BCUT2D eigenvalue weighted by Gasteiger charge is 1.93. The van der Waals surface area contributed by atoms with Gasteiger partial charge in [0.1, 0.15) is 0 Å². The van der Waals surface area contributed by atoms with Gasteiger partial charge in [-0.15, -0.1) is 0 Å². The van der Waals surface area contributed by atoms with Gasteiger partial charge >= 0.3 is 7.46 Å². The number of nitrogens with zero attached hydrogens (tertiary/aromatic N) is 3. The number of nitrogens with two attached hydrogens (primary N) is 5. The molecule has 9 heteroatoms. The number of aromatic nitrogens is 3. The van der Waals surface area contributed by atoms with Crippen LogP contribution in [-0.4, -0.2) is 21.0 Å². The Morgan fingerprint density at radius 2 is 1.08 bits per heavy atom. The Morgan fingerprint density at radius 3 is 1.23 bits per heavy atom. The second kappa shape index (κ2) is 4.54. The number of rotatable bonds is 0. The van der Waals surface area contributed by atoms with Gasteiger partial charge in [-0.1, -0.05) is 0 Å². The number of primary amides is 2. The molecular weight excluding hydrogens is 176 g/mol. The number of anilines is 3. The zero-order valence-corrected chi connectivity index (χ0v) is 6.64. The van der Waals surface area contributed by atoms with E-state index in [4.69, 9.17) is 22.0 Å². The molecule has 0 aromatic carbocycles. The fourth-order valence-electron chi connectivity index (χ4n) is 0.427. The summed E-state index contributed by atoms with van der Waals surface area (Å²) in [5.41, 5.74) is 23.9. The average molecular weight is 187 g/mol. The second-order valence-corrected chi connectivity index (χ2v) is 1.81. The highest BCUT2D eigenvalue weighted by atomic mass is 16.2. The number of carbonyl (C=O) groups is 1. The third-order valence-electron chi connectivity index (χ3n) is 0.687. The minimum atomic E-state index is -0.833. The smallest absolute Gasteiger partial charge is 0.368 e. The van der Waals surface area contributed by atoms with E-state index in [1.165, 1.54) is 0 Å². The van der Waals surface area contributed by atoms with Crippen LogP contribution >= 0.6 is 0 Å². The largest absolute Gasteiger partial charge is 1.00 e. The standard InChI is InChI=1S/C3H6N6.CH4N2O/c4-1-7-2(5)9-3(6)8-1;2-1(3)4/h(H6,4,5,6,7,8,9);(H4,2,3,4)/p+1. The Kier molecular flexibility index (Phi) is 3.73. The summed E-state index contributed by atoms with van der Waals surface area (Å²) < 4.78 is 0. The first-order valence-corrected chi connectivity index (χ1v) is 2.99. The van der Waals surface area contributed by atoms with Gasteiger partial charge in [-0.3, -0.25) is 0 Å². The van der Waals surface area contributed by atoms with E-state index in [-0.39, 0.29) is 19.3 Å². The van der Waals surface area contributed by atoms with Gasteiger partial charge in [0.2, 0.25) is 17.8 Å². The quantitative estimate of drug-likeness (QED) is 0.303. The van der Waals surface area contributed by atoms with E-state index in [0.29, 0.717) is 0 Å². The molecule has 1 rings (SSSR count). The first-order valence-electron chi connectivity index (χ1n) is 2.99. The maximum atomic E-state index is 9.00. The molecule has 0 saturated heterocycles. The third kappa shape index (κ3) is 6.09. The van der Waals surface area contributed by atoms with Crippen LogP contribution in [0.4, 0.5) is 22.6 Å². The van der Waals surface area contributed by atoms with Crippen molar-refractivity contribution < 1.29 is 6.22 Å². The summed E-state index contributed by atoms with van der Waals surface area (Å²) in [4.78, 5) is 19.5. The molecule has 13 heavy (non-hydrogen) atoms. The van der Waals surface area contributed by atoms with Crippen molar-refractivity contribution in [2.24, 2.45) is 11.5 Å². The lowest BCUT2D eigenvalue weighted by atomic mass is 10.9.